The van der Waals surface area contributed by atoms with Crippen molar-refractivity contribution in [2.24, 2.45) is 0 Å². The topological polar surface area (TPSA) is 94.9 Å². The molecule has 2 aromatic heterocycles. The third-order valence-corrected chi connectivity index (χ3v) is 8.50. The average Bonchev–Trinajstić information content (AvgIpc) is 3.30. The molecule has 0 radical (unpaired) electrons. The van der Waals surface area contributed by atoms with Gasteiger partial charge in [0.05, 0.1) is 43.3 Å². The van der Waals surface area contributed by atoms with Crippen LogP contribution in [0.1, 0.15) is 17.4 Å². The smallest absolute Gasteiger partial charge is 0.267 e. The number of nitrogens with one attached hydrogen (secondary N) is 1. The molecule has 0 bridgehead atoms. The molecule has 204 valence electrons. The number of carbonyl (C=O) groups excluding carboxylic acids is 1. The van der Waals surface area contributed by atoms with Gasteiger partial charge in [-0.15, -0.1) is 11.3 Å². The van der Waals surface area contributed by atoms with Gasteiger partial charge in [0.1, 0.15) is 22.1 Å². The van der Waals surface area contributed by atoms with E-state index in [0.717, 1.165) is 30.8 Å². The van der Waals surface area contributed by atoms with Crippen LogP contribution in [0.25, 0.3) is 15.9 Å². The number of amides is 1. The number of thiophene rings is 1. The molecule has 1 amide bonds. The minimum atomic E-state index is -0.247. The van der Waals surface area contributed by atoms with Crippen LogP contribution < -0.4 is 25.1 Å². The number of carbonyl (C=O) groups is 1. The highest BCUT2D eigenvalue weighted by Gasteiger charge is 2.25. The largest absolute Gasteiger partial charge is 0.497 e. The number of anilines is 1. The highest BCUT2D eigenvalue weighted by Crippen LogP contribution is 2.34. The van der Waals surface area contributed by atoms with Crippen molar-refractivity contribution in [3.8, 4) is 22.9 Å². The number of benzene rings is 2. The first-order chi connectivity index (χ1) is 18.9. The Labute approximate surface area is 234 Å². The summed E-state index contributed by atoms with van der Waals surface area (Å²) in [6.07, 6.45) is 0.810. The molecule has 1 N–H and O–H groups in total. The molecular formula is C28H30N4O5S2. The highest BCUT2D eigenvalue weighted by atomic mass is 32.2. The molecule has 0 aliphatic carbocycles. The summed E-state index contributed by atoms with van der Waals surface area (Å²) in [5, 5.41) is 4.02. The van der Waals surface area contributed by atoms with E-state index in [1.54, 1.807) is 41.2 Å². The Morgan fingerprint density at radius 2 is 1.90 bits per heavy atom. The first-order valence-corrected chi connectivity index (χ1v) is 14.4. The molecule has 0 saturated heterocycles. The molecule has 1 aliphatic rings. The van der Waals surface area contributed by atoms with Crippen molar-refractivity contribution in [1.29, 1.82) is 0 Å². The van der Waals surface area contributed by atoms with Crippen LogP contribution in [-0.4, -0.2) is 60.5 Å². The Hall–Kier alpha value is -3.54. The van der Waals surface area contributed by atoms with Gasteiger partial charge in [-0.1, -0.05) is 11.8 Å². The molecule has 9 nitrogen and oxygen atoms in total. The number of hydrogen-bond donors (Lipinski definition) is 1. The second-order valence-corrected chi connectivity index (χ2v) is 11.1. The van der Waals surface area contributed by atoms with Gasteiger partial charge in [-0.25, -0.2) is 4.98 Å². The maximum atomic E-state index is 14.0. The van der Waals surface area contributed by atoms with Crippen LogP contribution in [-0.2, 0) is 17.8 Å². The normalized spacial score (nSPS) is 13.2. The molecule has 0 unspecified atom stereocenters. The van der Waals surface area contributed by atoms with E-state index in [4.69, 9.17) is 19.2 Å². The molecule has 5 rings (SSSR count). The lowest BCUT2D eigenvalue weighted by molar-refractivity contribution is -0.113. The van der Waals surface area contributed by atoms with Crippen LogP contribution in [0.15, 0.2) is 52.4 Å². The molecule has 0 saturated carbocycles. The minimum absolute atomic E-state index is 0.0536. The van der Waals surface area contributed by atoms with Gasteiger partial charge < -0.3 is 24.4 Å². The number of rotatable bonds is 9. The number of hydrogen-bond acceptors (Lipinski definition) is 9. The van der Waals surface area contributed by atoms with E-state index in [1.807, 2.05) is 31.2 Å². The summed E-state index contributed by atoms with van der Waals surface area (Å²) in [4.78, 5) is 36.0. The molecule has 39 heavy (non-hydrogen) atoms. The molecule has 0 spiro atoms. The monoisotopic (exact) mass is 566 g/mol. The molecule has 0 fully saturated rings. The third-order valence-electron chi connectivity index (χ3n) is 6.46. The maximum absolute atomic E-state index is 14.0. The number of likely N-dealkylation sites (N-methyl/N-ethyl adjacent to an activating group) is 1. The lowest BCUT2D eigenvalue weighted by Gasteiger charge is -2.21. The second kappa shape index (κ2) is 11.7. The molecule has 0 atom stereocenters. The van der Waals surface area contributed by atoms with Crippen LogP contribution in [0, 0.1) is 0 Å². The zero-order valence-corrected chi connectivity index (χ0v) is 23.9. The minimum Gasteiger partial charge on any atom is -0.497 e. The van der Waals surface area contributed by atoms with Crippen LogP contribution >= 0.6 is 23.1 Å². The predicted molar refractivity (Wildman–Crippen MR) is 155 cm³/mol. The standard InChI is InChI=1S/C28H30N4O5S2/c1-5-37-18-8-6-17(7-9-18)32-27(34)25-20-12-13-31(2)15-23(20)39-26(25)30-28(32)38-16-24(33)29-21-11-10-19(35-3)14-22(21)36-4/h6-11,14H,5,12-13,15-16H2,1-4H3,(H,29,33). The van der Waals surface area contributed by atoms with Gasteiger partial charge in [0.25, 0.3) is 5.56 Å². The van der Waals surface area contributed by atoms with E-state index in [-0.39, 0.29) is 17.2 Å². The zero-order valence-electron chi connectivity index (χ0n) is 22.3. The third kappa shape index (κ3) is 5.61. The first-order valence-electron chi connectivity index (χ1n) is 12.6. The van der Waals surface area contributed by atoms with Crippen LogP contribution in [0.2, 0.25) is 0 Å². The maximum Gasteiger partial charge on any atom is 0.267 e. The zero-order chi connectivity index (χ0) is 27.5. The fourth-order valence-electron chi connectivity index (χ4n) is 4.55. The molecule has 2 aromatic carbocycles. The van der Waals surface area contributed by atoms with Crippen molar-refractivity contribution in [1.82, 2.24) is 14.5 Å². The van der Waals surface area contributed by atoms with Crippen molar-refractivity contribution in [3.05, 3.63) is 63.3 Å². The van der Waals surface area contributed by atoms with Gasteiger partial charge in [0, 0.05) is 24.0 Å². The second-order valence-electron chi connectivity index (χ2n) is 9.04. The number of nitrogens with zero attached hydrogens (tertiary/aromatic N) is 3. The van der Waals surface area contributed by atoms with Crippen LogP contribution in [0.3, 0.4) is 0 Å². The van der Waals surface area contributed by atoms with Gasteiger partial charge in [-0.05, 0) is 62.4 Å². The van der Waals surface area contributed by atoms with E-state index in [9.17, 15) is 9.59 Å². The fourth-order valence-corrected chi connectivity index (χ4v) is 6.71. The van der Waals surface area contributed by atoms with Crippen LogP contribution in [0.5, 0.6) is 17.2 Å². The van der Waals surface area contributed by atoms with Crippen molar-refractivity contribution in [3.63, 3.8) is 0 Å². The lowest BCUT2D eigenvalue weighted by Crippen LogP contribution is -2.27. The Morgan fingerprint density at radius 1 is 1.13 bits per heavy atom. The quantitative estimate of drug-likeness (QED) is 0.232. The molecule has 11 heteroatoms. The Balaban J connectivity index is 1.49. The van der Waals surface area contributed by atoms with Gasteiger partial charge >= 0.3 is 0 Å². The molecule has 4 aromatic rings. The summed E-state index contributed by atoms with van der Waals surface area (Å²) in [5.74, 6) is 1.65. The summed E-state index contributed by atoms with van der Waals surface area (Å²) in [6.45, 7) is 4.17. The SMILES string of the molecule is CCOc1ccc(-n2c(SCC(=O)Nc3ccc(OC)cc3OC)nc3sc4c(c3c2=O)CCN(C)C4)cc1. The van der Waals surface area contributed by atoms with Crippen molar-refractivity contribution in [2.75, 3.05) is 45.5 Å². The number of thioether (sulfide) groups is 1. The first kappa shape index (κ1) is 27.0. The van der Waals surface area contributed by atoms with E-state index in [1.165, 1.54) is 23.7 Å². The summed E-state index contributed by atoms with van der Waals surface area (Å²) < 4.78 is 17.8. The number of ether oxygens (including phenoxy) is 3. The average molecular weight is 567 g/mol. The van der Waals surface area contributed by atoms with Gasteiger partial charge in [0.15, 0.2) is 5.16 Å². The highest BCUT2D eigenvalue weighted by molar-refractivity contribution is 7.99. The Kier molecular flexibility index (Phi) is 8.10. The predicted octanol–water partition coefficient (Wildman–Crippen LogP) is 4.58. The summed E-state index contributed by atoms with van der Waals surface area (Å²) in [7, 11) is 5.18. The van der Waals surface area contributed by atoms with E-state index in [2.05, 4.69) is 17.3 Å². The molecular weight excluding hydrogens is 536 g/mol. The summed E-state index contributed by atoms with van der Waals surface area (Å²) in [6, 6.07) is 12.6. The van der Waals surface area contributed by atoms with E-state index >= 15 is 0 Å². The molecule has 1 aliphatic heterocycles. The van der Waals surface area contributed by atoms with Gasteiger partial charge in [-0.2, -0.15) is 0 Å². The van der Waals surface area contributed by atoms with Crippen molar-refractivity contribution >= 4 is 44.9 Å². The fraction of sp³-hybridized carbons (Fsp3) is 0.321. The van der Waals surface area contributed by atoms with Crippen LogP contribution in [0.4, 0.5) is 5.69 Å². The lowest BCUT2D eigenvalue weighted by atomic mass is 10.1. The van der Waals surface area contributed by atoms with Crippen molar-refractivity contribution < 1.29 is 19.0 Å². The molecule has 3 heterocycles. The summed E-state index contributed by atoms with van der Waals surface area (Å²) >= 11 is 2.78. The van der Waals surface area contributed by atoms with E-state index < -0.39 is 0 Å². The van der Waals surface area contributed by atoms with Crippen molar-refractivity contribution in [2.45, 2.75) is 25.0 Å². The number of fused-ring (bicyclic) bond motifs is 3. The van der Waals surface area contributed by atoms with E-state index in [0.29, 0.717) is 44.9 Å². The Morgan fingerprint density at radius 3 is 2.62 bits per heavy atom. The van der Waals surface area contributed by atoms with Gasteiger partial charge in [-0.3, -0.25) is 14.2 Å². The number of aromatic nitrogens is 2. The Bertz CT molecular complexity index is 1570. The summed E-state index contributed by atoms with van der Waals surface area (Å²) in [5.41, 5.74) is 2.17. The number of methoxy groups -OCH3 is 2. The van der Waals surface area contributed by atoms with Gasteiger partial charge in [0.2, 0.25) is 5.91 Å².